The Kier molecular flexibility index (Phi) is 27.2. The second-order valence-electron chi connectivity index (χ2n) is 11.6. The molecule has 0 aliphatic heterocycles. The van der Waals surface area contributed by atoms with Gasteiger partial charge < -0.3 is 15.9 Å². The quantitative estimate of drug-likeness (QED) is 0.0628. The Balaban J connectivity index is 3.64. The van der Waals surface area contributed by atoms with Gasteiger partial charge in [0.1, 0.15) is 6.10 Å². The molecule has 0 heterocycles. The average Bonchev–Trinajstić information content (AvgIpc) is 2.94. The van der Waals surface area contributed by atoms with Gasteiger partial charge >= 0.3 is 0 Å². The van der Waals surface area contributed by atoms with E-state index in [0.29, 0.717) is 13.3 Å². The Morgan fingerprint density at radius 2 is 1.05 bits per heavy atom. The molecule has 0 spiro atoms. The van der Waals surface area contributed by atoms with Crippen LogP contribution < -0.4 is 5.73 Å². The van der Waals surface area contributed by atoms with Gasteiger partial charge in [-0.1, -0.05) is 167 Å². The molecule has 0 amide bonds. The molecule has 38 heavy (non-hydrogen) atoms. The van der Waals surface area contributed by atoms with Gasteiger partial charge in [0.15, 0.2) is 5.78 Å². The molecule has 0 fully saturated rings. The topological polar surface area (TPSA) is 83.5 Å². The number of carbonyl (C=O) groups is 1. The lowest BCUT2D eigenvalue weighted by Gasteiger charge is -2.21. The molecule has 0 saturated heterocycles. The van der Waals surface area contributed by atoms with Crippen LogP contribution in [0.2, 0.25) is 0 Å². The summed E-state index contributed by atoms with van der Waals surface area (Å²) in [5.74, 6) is -0.247. The van der Waals surface area contributed by atoms with Gasteiger partial charge in [0.25, 0.3) is 0 Å². The van der Waals surface area contributed by atoms with E-state index in [-0.39, 0.29) is 5.78 Å². The first-order valence-electron chi connectivity index (χ1n) is 17.4. The third kappa shape index (κ3) is 24.3. The summed E-state index contributed by atoms with van der Waals surface area (Å²) in [6.07, 6.45) is 32.5. The lowest BCUT2D eigenvalue weighted by Crippen LogP contribution is -2.47. The fourth-order valence-electron chi connectivity index (χ4n) is 5.08. The van der Waals surface area contributed by atoms with Gasteiger partial charge in [-0.15, -0.1) is 0 Å². The Morgan fingerprint density at radius 1 is 0.658 bits per heavy atom. The van der Waals surface area contributed by atoms with Gasteiger partial charge in [-0.3, -0.25) is 4.79 Å². The fourth-order valence-corrected chi connectivity index (χ4v) is 5.08. The van der Waals surface area contributed by atoms with Crippen LogP contribution >= 0.6 is 0 Å². The molecule has 0 aromatic heterocycles. The van der Waals surface area contributed by atoms with Crippen molar-refractivity contribution in [2.75, 3.05) is 0 Å². The Hall–Kier alpha value is -0.710. The van der Waals surface area contributed by atoms with Crippen LogP contribution in [0.3, 0.4) is 0 Å². The number of nitrogens with two attached hydrogens (primary N) is 1. The highest BCUT2D eigenvalue weighted by molar-refractivity contribution is 5.83. The van der Waals surface area contributed by atoms with Crippen LogP contribution in [-0.4, -0.2) is 34.2 Å². The van der Waals surface area contributed by atoms with E-state index >= 15 is 0 Å². The summed E-state index contributed by atoms with van der Waals surface area (Å²) in [5, 5.41) is 20.6. The van der Waals surface area contributed by atoms with Crippen molar-refractivity contribution in [2.45, 2.75) is 199 Å². The van der Waals surface area contributed by atoms with Crippen molar-refractivity contribution in [1.82, 2.24) is 0 Å². The van der Waals surface area contributed by atoms with Crippen molar-refractivity contribution in [1.29, 1.82) is 0 Å². The Morgan fingerprint density at radius 3 is 1.50 bits per heavy atom. The number of carbonyl (C=O) groups excluding carboxylic acids is 1. The number of allylic oxidation sites excluding steroid dienone is 1. The van der Waals surface area contributed by atoms with Gasteiger partial charge in [-0.25, -0.2) is 0 Å². The smallest absolute Gasteiger partial charge is 0.162 e. The molecule has 0 aliphatic rings. The number of aliphatic hydroxyl groups excluding tert-OH is 2. The van der Waals surface area contributed by atoms with Crippen LogP contribution in [0.4, 0.5) is 0 Å². The number of ketones is 1. The molecule has 0 bridgehead atoms. The fraction of sp³-hybridized carbons (Fsp3) is 0.912. The van der Waals surface area contributed by atoms with Crippen molar-refractivity contribution in [3.63, 3.8) is 0 Å². The van der Waals surface area contributed by atoms with Gasteiger partial charge in [-0.2, -0.15) is 0 Å². The van der Waals surface area contributed by atoms with Crippen molar-refractivity contribution < 1.29 is 16.4 Å². The minimum atomic E-state index is -1.29. The predicted octanol–water partition coefficient (Wildman–Crippen LogP) is 9.34. The number of hydrogen-bond donors (Lipinski definition) is 3. The van der Waals surface area contributed by atoms with Crippen LogP contribution in [-0.2, 0) is 4.79 Å². The molecule has 3 atom stereocenters. The minimum Gasteiger partial charge on any atom is -0.387 e. The van der Waals surface area contributed by atoms with Crippen molar-refractivity contribution in [2.24, 2.45) is 5.73 Å². The average molecular weight is 539 g/mol. The maximum Gasteiger partial charge on any atom is 0.162 e. The number of Topliss-reactive ketones (excluding diaryl/α,β-unsaturated/α-hetero) is 1. The van der Waals surface area contributed by atoms with E-state index in [1.165, 1.54) is 122 Å². The summed E-state index contributed by atoms with van der Waals surface area (Å²) in [6, 6.07) is -0.955. The van der Waals surface area contributed by atoms with E-state index in [1.807, 2.05) is 6.08 Å². The van der Waals surface area contributed by atoms with E-state index in [9.17, 15) is 15.0 Å². The molecule has 4 N–H and O–H groups in total. The zero-order valence-electron chi connectivity index (χ0n) is 26.4. The molecular formula is C34H67NO3. The second-order valence-corrected chi connectivity index (χ2v) is 11.6. The molecule has 4 heteroatoms. The summed E-state index contributed by atoms with van der Waals surface area (Å²) in [4.78, 5) is 12.3. The largest absolute Gasteiger partial charge is 0.387 e. The molecule has 0 saturated carbocycles. The molecule has 0 aromatic rings. The van der Waals surface area contributed by atoms with Crippen molar-refractivity contribution in [3.05, 3.63) is 12.2 Å². The zero-order valence-corrected chi connectivity index (χ0v) is 25.4. The molecular weight excluding hydrogens is 470 g/mol. The molecule has 0 rings (SSSR count). The third-order valence-corrected chi connectivity index (χ3v) is 7.82. The third-order valence-electron chi connectivity index (χ3n) is 7.82. The molecule has 1 unspecified atom stereocenters. The standard InChI is InChI=1S/C34H67NO3/c1-3-5-7-9-11-13-15-17-19-21-23-25-27-29-31(36)33(35)34(38)32(37)30-28-26-24-22-20-18-16-14-12-10-8-6-4-2/h27,29,31,33-34,36,38H,3-26,28,30,35H2,1-2H3/b29-27+/t31-,33-,34?/m1/s1/i2D. The Bertz CT molecular complexity index is 543. The zero-order chi connectivity index (χ0) is 28.8. The summed E-state index contributed by atoms with van der Waals surface area (Å²) in [6.45, 7) is 2.83. The number of aliphatic hydroxyl groups is 2. The summed E-state index contributed by atoms with van der Waals surface area (Å²) in [5.41, 5.74) is 5.98. The maximum absolute atomic E-state index is 12.3. The van der Waals surface area contributed by atoms with E-state index in [2.05, 4.69) is 6.92 Å². The molecule has 226 valence electrons. The van der Waals surface area contributed by atoms with Crippen LogP contribution in [0.5, 0.6) is 0 Å². The minimum absolute atomic E-state index is 0.247. The van der Waals surface area contributed by atoms with Crippen LogP contribution in [0.1, 0.15) is 182 Å². The van der Waals surface area contributed by atoms with Gasteiger partial charge in [0.2, 0.25) is 0 Å². The first kappa shape index (κ1) is 35.3. The number of unbranched alkanes of at least 4 members (excludes halogenated alkanes) is 23. The van der Waals surface area contributed by atoms with Crippen LogP contribution in [0.15, 0.2) is 12.2 Å². The van der Waals surface area contributed by atoms with Crippen molar-refractivity contribution >= 4 is 5.78 Å². The first-order valence-corrected chi connectivity index (χ1v) is 16.6. The summed E-state index contributed by atoms with van der Waals surface area (Å²) in [7, 11) is 0. The molecule has 0 aromatic carbocycles. The monoisotopic (exact) mass is 539 g/mol. The lowest BCUT2D eigenvalue weighted by molar-refractivity contribution is -0.129. The van der Waals surface area contributed by atoms with Crippen LogP contribution in [0, 0.1) is 0 Å². The van der Waals surface area contributed by atoms with E-state index < -0.39 is 18.2 Å². The molecule has 4 nitrogen and oxygen atoms in total. The SMILES string of the molecule is [2H]CCCCCCCCCCCCCCCC(=O)C(O)[C@H](N)[C@H](O)/C=C/CCCCCCCCCCCCC. The predicted molar refractivity (Wildman–Crippen MR) is 166 cm³/mol. The molecule has 0 radical (unpaired) electrons. The van der Waals surface area contributed by atoms with Gasteiger partial charge in [-0.05, 0) is 19.3 Å². The second kappa shape index (κ2) is 29.3. The summed E-state index contributed by atoms with van der Waals surface area (Å²) >= 11 is 0. The highest BCUT2D eigenvalue weighted by Gasteiger charge is 2.26. The first-order chi connectivity index (χ1) is 19.0. The van der Waals surface area contributed by atoms with E-state index in [0.717, 1.165) is 38.5 Å². The van der Waals surface area contributed by atoms with Gasteiger partial charge in [0.05, 0.1) is 12.1 Å². The maximum atomic E-state index is 12.3. The highest BCUT2D eigenvalue weighted by Crippen LogP contribution is 2.15. The van der Waals surface area contributed by atoms with E-state index in [4.69, 9.17) is 7.10 Å². The van der Waals surface area contributed by atoms with Gasteiger partial charge in [0, 0.05) is 7.79 Å². The molecule has 0 aliphatic carbocycles. The highest BCUT2D eigenvalue weighted by atomic mass is 16.3. The van der Waals surface area contributed by atoms with Crippen molar-refractivity contribution in [3.8, 4) is 0 Å². The van der Waals surface area contributed by atoms with Crippen LogP contribution in [0.25, 0.3) is 0 Å². The summed E-state index contributed by atoms with van der Waals surface area (Å²) < 4.78 is 7.15. The normalized spacial score (nSPS) is 14.6. The van der Waals surface area contributed by atoms with E-state index in [1.54, 1.807) is 6.08 Å². The Labute approximate surface area is 239 Å². The number of hydrogen-bond acceptors (Lipinski definition) is 4. The lowest BCUT2D eigenvalue weighted by atomic mass is 9.97. The number of rotatable bonds is 30.